The van der Waals surface area contributed by atoms with Crippen molar-refractivity contribution in [2.24, 2.45) is 0 Å². The quantitative estimate of drug-likeness (QED) is 0.392. The molecule has 0 atom stereocenters. The fourth-order valence-corrected chi connectivity index (χ4v) is 3.12. The number of cyclic esters (lactones) is 1. The predicted molar refractivity (Wildman–Crippen MR) is 80.2 cm³/mol. The SMILES string of the molecule is CCCCCCC1(CCCCCC)CCCC(=O)O1. The van der Waals surface area contributed by atoms with E-state index in [4.69, 9.17) is 4.74 Å². The van der Waals surface area contributed by atoms with Gasteiger partial charge in [0.05, 0.1) is 0 Å². The molecular weight excluding hydrogens is 236 g/mol. The standard InChI is InChI=1S/C17H32O2/c1-3-5-7-9-13-17(14-10-8-6-4-2)15-11-12-16(18)19-17/h3-15H2,1-2H3. The summed E-state index contributed by atoms with van der Waals surface area (Å²) in [4.78, 5) is 11.6. The van der Waals surface area contributed by atoms with Crippen molar-refractivity contribution in [1.82, 2.24) is 0 Å². The minimum atomic E-state index is -0.100. The molecule has 112 valence electrons. The molecular formula is C17H32O2. The van der Waals surface area contributed by atoms with Gasteiger partial charge in [0.25, 0.3) is 0 Å². The summed E-state index contributed by atoms with van der Waals surface area (Å²) in [5.41, 5.74) is -0.100. The van der Waals surface area contributed by atoms with E-state index in [1.807, 2.05) is 0 Å². The van der Waals surface area contributed by atoms with Gasteiger partial charge in [-0.25, -0.2) is 0 Å². The van der Waals surface area contributed by atoms with Gasteiger partial charge in [0.15, 0.2) is 0 Å². The molecule has 0 spiro atoms. The summed E-state index contributed by atoms with van der Waals surface area (Å²) in [6.45, 7) is 4.47. The molecule has 0 aromatic rings. The number of unbranched alkanes of at least 4 members (excludes halogenated alkanes) is 6. The number of hydrogen-bond acceptors (Lipinski definition) is 2. The van der Waals surface area contributed by atoms with E-state index in [1.54, 1.807) is 0 Å². The fraction of sp³-hybridized carbons (Fsp3) is 0.941. The second-order valence-corrected chi connectivity index (χ2v) is 6.13. The van der Waals surface area contributed by atoms with Gasteiger partial charge in [-0.1, -0.05) is 52.4 Å². The Bertz CT molecular complexity index is 236. The highest BCUT2D eigenvalue weighted by Crippen LogP contribution is 2.35. The molecule has 0 saturated carbocycles. The largest absolute Gasteiger partial charge is 0.459 e. The number of hydrogen-bond donors (Lipinski definition) is 0. The third kappa shape index (κ3) is 6.44. The zero-order valence-electron chi connectivity index (χ0n) is 13.0. The first-order valence-electron chi connectivity index (χ1n) is 8.44. The zero-order valence-corrected chi connectivity index (χ0v) is 13.0. The topological polar surface area (TPSA) is 26.3 Å². The van der Waals surface area contributed by atoms with Gasteiger partial charge in [-0.15, -0.1) is 0 Å². The van der Waals surface area contributed by atoms with Crippen LogP contribution in [0.3, 0.4) is 0 Å². The first-order valence-corrected chi connectivity index (χ1v) is 8.44. The third-order valence-corrected chi connectivity index (χ3v) is 4.32. The maximum Gasteiger partial charge on any atom is 0.306 e. The highest BCUT2D eigenvalue weighted by molar-refractivity contribution is 5.70. The van der Waals surface area contributed by atoms with Crippen molar-refractivity contribution >= 4 is 5.97 Å². The van der Waals surface area contributed by atoms with Crippen LogP contribution in [-0.4, -0.2) is 11.6 Å². The molecule has 0 aliphatic carbocycles. The van der Waals surface area contributed by atoms with Crippen LogP contribution in [-0.2, 0) is 9.53 Å². The van der Waals surface area contributed by atoms with Crippen LogP contribution in [0.15, 0.2) is 0 Å². The minimum absolute atomic E-state index is 0.0391. The van der Waals surface area contributed by atoms with Crippen molar-refractivity contribution < 1.29 is 9.53 Å². The average molecular weight is 268 g/mol. The van der Waals surface area contributed by atoms with Crippen molar-refractivity contribution in [2.45, 2.75) is 103 Å². The summed E-state index contributed by atoms with van der Waals surface area (Å²) in [5.74, 6) is 0.0391. The average Bonchev–Trinajstić information content (AvgIpc) is 2.40. The number of carbonyl (C=O) groups is 1. The lowest BCUT2D eigenvalue weighted by Crippen LogP contribution is -2.38. The maximum atomic E-state index is 11.6. The molecule has 0 radical (unpaired) electrons. The van der Waals surface area contributed by atoms with Gasteiger partial charge in [-0.3, -0.25) is 4.79 Å². The van der Waals surface area contributed by atoms with Gasteiger partial charge < -0.3 is 4.74 Å². The molecule has 1 aliphatic heterocycles. The summed E-state index contributed by atoms with van der Waals surface area (Å²) in [7, 11) is 0. The summed E-state index contributed by atoms with van der Waals surface area (Å²) >= 11 is 0. The predicted octanol–water partition coefficient (Wildman–Crippen LogP) is 5.39. The molecule has 0 N–H and O–H groups in total. The molecule has 2 heteroatoms. The van der Waals surface area contributed by atoms with Crippen molar-refractivity contribution in [3.8, 4) is 0 Å². The lowest BCUT2D eigenvalue weighted by Gasteiger charge is -2.37. The van der Waals surface area contributed by atoms with Crippen molar-refractivity contribution in [3.63, 3.8) is 0 Å². The van der Waals surface area contributed by atoms with Crippen molar-refractivity contribution in [2.75, 3.05) is 0 Å². The lowest BCUT2D eigenvalue weighted by atomic mass is 9.83. The van der Waals surface area contributed by atoms with Crippen LogP contribution in [0.2, 0.25) is 0 Å². The molecule has 1 rings (SSSR count). The normalized spacial score (nSPS) is 18.3. The van der Waals surface area contributed by atoms with E-state index in [-0.39, 0.29) is 11.6 Å². The molecule has 0 amide bonds. The number of esters is 1. The maximum absolute atomic E-state index is 11.6. The second kappa shape index (κ2) is 9.39. The number of ether oxygens (including phenoxy) is 1. The first kappa shape index (κ1) is 16.5. The van der Waals surface area contributed by atoms with E-state index in [0.29, 0.717) is 6.42 Å². The Morgan fingerprint density at radius 2 is 1.53 bits per heavy atom. The Kier molecular flexibility index (Phi) is 8.16. The van der Waals surface area contributed by atoms with Gasteiger partial charge in [0.1, 0.15) is 5.60 Å². The molecule has 2 nitrogen and oxygen atoms in total. The van der Waals surface area contributed by atoms with E-state index in [1.165, 1.54) is 51.4 Å². The fourth-order valence-electron chi connectivity index (χ4n) is 3.12. The molecule has 0 unspecified atom stereocenters. The van der Waals surface area contributed by atoms with E-state index in [9.17, 15) is 4.79 Å². The highest BCUT2D eigenvalue weighted by Gasteiger charge is 2.36. The van der Waals surface area contributed by atoms with Crippen molar-refractivity contribution in [3.05, 3.63) is 0 Å². The molecule has 1 aliphatic rings. The summed E-state index contributed by atoms with van der Waals surface area (Å²) in [5, 5.41) is 0. The summed E-state index contributed by atoms with van der Waals surface area (Å²) in [6, 6.07) is 0. The molecule has 1 fully saturated rings. The van der Waals surface area contributed by atoms with Gasteiger partial charge in [-0.05, 0) is 38.5 Å². The van der Waals surface area contributed by atoms with Gasteiger partial charge in [0, 0.05) is 6.42 Å². The van der Waals surface area contributed by atoms with Crippen LogP contribution in [0.5, 0.6) is 0 Å². The molecule has 0 aromatic heterocycles. The van der Waals surface area contributed by atoms with Crippen molar-refractivity contribution in [1.29, 1.82) is 0 Å². The Hall–Kier alpha value is -0.530. The van der Waals surface area contributed by atoms with Crippen LogP contribution >= 0.6 is 0 Å². The second-order valence-electron chi connectivity index (χ2n) is 6.13. The van der Waals surface area contributed by atoms with E-state index in [2.05, 4.69) is 13.8 Å². The van der Waals surface area contributed by atoms with Crippen LogP contribution in [0.4, 0.5) is 0 Å². The van der Waals surface area contributed by atoms with Gasteiger partial charge in [0.2, 0.25) is 0 Å². The van der Waals surface area contributed by atoms with E-state index in [0.717, 1.165) is 25.7 Å². The van der Waals surface area contributed by atoms with Crippen LogP contribution in [0.25, 0.3) is 0 Å². The van der Waals surface area contributed by atoms with Crippen LogP contribution in [0.1, 0.15) is 97.3 Å². The highest BCUT2D eigenvalue weighted by atomic mass is 16.6. The molecule has 1 saturated heterocycles. The van der Waals surface area contributed by atoms with E-state index >= 15 is 0 Å². The summed E-state index contributed by atoms with van der Waals surface area (Å²) in [6.07, 6.45) is 15.1. The lowest BCUT2D eigenvalue weighted by molar-refractivity contribution is -0.169. The van der Waals surface area contributed by atoms with E-state index < -0.39 is 0 Å². The van der Waals surface area contributed by atoms with Gasteiger partial charge in [-0.2, -0.15) is 0 Å². The Morgan fingerprint density at radius 3 is 2.00 bits per heavy atom. The smallest absolute Gasteiger partial charge is 0.306 e. The zero-order chi connectivity index (χ0) is 14.0. The third-order valence-electron chi connectivity index (χ3n) is 4.32. The van der Waals surface area contributed by atoms with Crippen LogP contribution < -0.4 is 0 Å². The van der Waals surface area contributed by atoms with Crippen LogP contribution in [0, 0.1) is 0 Å². The number of carbonyl (C=O) groups excluding carboxylic acids is 1. The monoisotopic (exact) mass is 268 g/mol. The Balaban J connectivity index is 2.39. The molecule has 0 bridgehead atoms. The molecule has 1 heterocycles. The molecule has 19 heavy (non-hydrogen) atoms. The Morgan fingerprint density at radius 1 is 0.947 bits per heavy atom. The summed E-state index contributed by atoms with van der Waals surface area (Å²) < 4.78 is 5.80. The Labute approximate surface area is 119 Å². The minimum Gasteiger partial charge on any atom is -0.459 e. The number of rotatable bonds is 10. The molecule has 0 aromatic carbocycles. The van der Waals surface area contributed by atoms with Gasteiger partial charge >= 0.3 is 5.97 Å². The first-order chi connectivity index (χ1) is 9.22.